The minimum atomic E-state index is -4.09. The monoisotopic (exact) mass is 735 g/mol. The summed E-state index contributed by atoms with van der Waals surface area (Å²) in [6, 6.07) is 0.275. The summed E-state index contributed by atoms with van der Waals surface area (Å²) in [7, 11) is -4.09. The topological polar surface area (TPSA) is 181 Å². The van der Waals surface area contributed by atoms with Crippen LogP contribution < -0.4 is 15.4 Å². The Morgan fingerprint density at radius 2 is 1.86 bits per heavy atom. The fourth-order valence-corrected chi connectivity index (χ4v) is 7.82. The lowest BCUT2D eigenvalue weighted by molar-refractivity contribution is -0.141. The van der Waals surface area contributed by atoms with Gasteiger partial charge in [-0.1, -0.05) is 37.1 Å². The van der Waals surface area contributed by atoms with Crippen molar-refractivity contribution in [2.24, 2.45) is 5.92 Å². The van der Waals surface area contributed by atoms with E-state index in [2.05, 4.69) is 10.6 Å². The summed E-state index contributed by atoms with van der Waals surface area (Å²) in [6.45, 7) is 1.09. The van der Waals surface area contributed by atoms with Crippen molar-refractivity contribution in [2.45, 2.75) is 126 Å². The molecule has 6 rings (SSSR count). The van der Waals surface area contributed by atoms with Gasteiger partial charge in [0.25, 0.3) is 5.91 Å². The quantitative estimate of drug-likeness (QED) is 0.383. The molecule has 3 heterocycles. The van der Waals surface area contributed by atoms with Gasteiger partial charge in [0.15, 0.2) is 0 Å². The smallest absolute Gasteiger partial charge is 0.410 e. The molecule has 51 heavy (non-hydrogen) atoms. The van der Waals surface area contributed by atoms with Gasteiger partial charge in [-0.05, 0) is 70.9 Å². The molecule has 1 saturated heterocycles. The number of rotatable bonds is 5. The highest BCUT2D eigenvalue weighted by atomic mass is 32.2. The summed E-state index contributed by atoms with van der Waals surface area (Å²) in [5, 5.41) is 4.12. The van der Waals surface area contributed by atoms with Gasteiger partial charge >= 0.3 is 12.2 Å². The van der Waals surface area contributed by atoms with Gasteiger partial charge in [-0.25, -0.2) is 22.4 Å². The number of hydrogen-bond donors (Lipinski definition) is 3. The number of nitrogens with one attached hydrogen (secondary N) is 3. The fourth-order valence-electron chi connectivity index (χ4n) is 6.46. The van der Waals surface area contributed by atoms with Gasteiger partial charge in [0, 0.05) is 27.1 Å². The second-order valence-electron chi connectivity index (χ2n) is 14.6. The van der Waals surface area contributed by atoms with Crippen molar-refractivity contribution in [1.29, 1.82) is 0 Å². The van der Waals surface area contributed by atoms with Gasteiger partial charge < -0.3 is 25.0 Å². The van der Waals surface area contributed by atoms with Crippen LogP contribution in [0.5, 0.6) is 0 Å². The molecule has 1 aromatic carbocycles. The second kappa shape index (κ2) is 14.1. The number of fused-ring (bicyclic) bond motifs is 3. The van der Waals surface area contributed by atoms with Crippen molar-refractivity contribution >= 4 is 39.9 Å². The van der Waals surface area contributed by atoms with E-state index in [1.54, 1.807) is 39.0 Å². The maximum atomic E-state index is 14.6. The van der Waals surface area contributed by atoms with Crippen LogP contribution in [-0.4, -0.2) is 89.2 Å². The van der Waals surface area contributed by atoms with Crippen molar-refractivity contribution < 1.29 is 51.7 Å². The van der Waals surface area contributed by atoms with Crippen molar-refractivity contribution in [3.8, 4) is 0 Å². The van der Waals surface area contributed by atoms with Crippen LogP contribution in [0.3, 0.4) is 0 Å². The number of ether oxygens (including phenoxy) is 2. The molecule has 0 radical (unpaired) electrons. The number of amides is 5. The van der Waals surface area contributed by atoms with Gasteiger partial charge in [-0.15, -0.1) is 0 Å². The van der Waals surface area contributed by atoms with Crippen LogP contribution in [0.15, 0.2) is 30.4 Å². The number of carbonyl (C=O) groups excluding carboxylic acids is 5. The van der Waals surface area contributed by atoms with Crippen molar-refractivity contribution in [3.05, 3.63) is 47.3 Å². The molecule has 5 aliphatic rings. The molecule has 3 aliphatic heterocycles. The first-order valence-corrected chi connectivity index (χ1v) is 18.7. The Kier molecular flexibility index (Phi) is 8.70. The van der Waals surface area contributed by atoms with E-state index in [0.29, 0.717) is 49.0 Å². The predicted octanol–water partition coefficient (Wildman–Crippen LogP) is 3.14. The largest absolute Gasteiger partial charge is 0.444 e. The van der Waals surface area contributed by atoms with Crippen LogP contribution in [0, 0.1) is 11.7 Å². The van der Waals surface area contributed by atoms with Crippen molar-refractivity contribution in [3.63, 3.8) is 0 Å². The maximum absolute atomic E-state index is 14.6. The van der Waals surface area contributed by atoms with Crippen LogP contribution in [0.25, 0.3) is 0 Å². The van der Waals surface area contributed by atoms with Crippen LogP contribution >= 0.6 is 0 Å². The fraction of sp³-hybridized carbons (Fsp3) is 0.629. The molecule has 0 unspecified atom stereocenters. The zero-order valence-electron chi connectivity index (χ0n) is 32.7. The Bertz CT molecular complexity index is 1910. The summed E-state index contributed by atoms with van der Waals surface area (Å²) >= 11 is 0. The lowest BCUT2D eigenvalue weighted by Gasteiger charge is -2.30. The normalized spacial score (nSPS) is 32.1. The Labute approximate surface area is 302 Å². The standard InChI is InChI=1S/C35H46FN5O9S/c1-34(2,3)50-32(45)37-27-13-8-6-4-5-7-11-22-17-35(22,31(44)39-51(47,48)24-14-15-24)38-29(42)28-16-23(19-41(28)30(27)43)49-33(46)40-18-21-10-9-12-26(36)25(21)20-40/h7,9-12,22-24,27-28H,4-6,8,13-20H2,1-3H3,(H,37,45)(H,38,42)(H,39,44)/b11-7-/t22-,23-,27+,28+,35-/m1/s1/i16D2,19D2. The molecule has 278 valence electrons. The first-order valence-electron chi connectivity index (χ1n) is 19.2. The maximum Gasteiger partial charge on any atom is 0.410 e. The number of sulfonamides is 1. The number of hydrogen-bond acceptors (Lipinski definition) is 9. The summed E-state index contributed by atoms with van der Waals surface area (Å²) in [5.74, 6) is -4.98. The molecule has 2 saturated carbocycles. The number of carbonyl (C=O) groups is 5. The molecular formula is C35H46FN5O9S. The zero-order chi connectivity index (χ0) is 40.3. The number of halogens is 1. The van der Waals surface area contributed by atoms with Gasteiger partial charge in [0.05, 0.1) is 21.0 Å². The third-order valence-electron chi connectivity index (χ3n) is 9.40. The highest BCUT2D eigenvalue weighted by Gasteiger charge is 2.62. The SMILES string of the molecule is [2H]C1([2H])[C@@H](OC(=O)N2Cc3cccc(F)c3C2)C([2H])([2H])N2C(=O)[C@@H](NC(=O)OC(C)(C)C)CCCCC/C=C\[C@@H]3C[C@@]3(C(=O)NS(=O)(=O)C3CC3)NC(=O)[C@@H]21. The third kappa shape index (κ3) is 8.31. The third-order valence-corrected chi connectivity index (χ3v) is 11.2. The average Bonchev–Trinajstić information content (AvgIpc) is 3.98. The summed E-state index contributed by atoms with van der Waals surface area (Å²) in [4.78, 5) is 70.6. The van der Waals surface area contributed by atoms with Crippen LogP contribution in [0.1, 0.15) is 95.1 Å². The van der Waals surface area contributed by atoms with E-state index in [1.807, 2.05) is 4.72 Å². The highest BCUT2D eigenvalue weighted by Crippen LogP contribution is 2.46. The Morgan fingerprint density at radius 1 is 1.10 bits per heavy atom. The zero-order valence-corrected chi connectivity index (χ0v) is 29.5. The van der Waals surface area contributed by atoms with E-state index >= 15 is 0 Å². The molecule has 0 bridgehead atoms. The second-order valence-corrected chi connectivity index (χ2v) is 16.6. The Morgan fingerprint density at radius 3 is 2.57 bits per heavy atom. The van der Waals surface area contributed by atoms with Crippen LogP contribution in [0.2, 0.25) is 0 Å². The molecule has 2 aliphatic carbocycles. The highest BCUT2D eigenvalue weighted by molar-refractivity contribution is 7.91. The molecular weight excluding hydrogens is 685 g/mol. The van der Waals surface area contributed by atoms with E-state index in [1.165, 1.54) is 12.1 Å². The molecule has 3 N–H and O–H groups in total. The summed E-state index contributed by atoms with van der Waals surface area (Å²) in [6.07, 6.45) is -1.96. The van der Waals surface area contributed by atoms with Crippen LogP contribution in [-0.2, 0) is 47.0 Å². The van der Waals surface area contributed by atoms with Gasteiger partial charge in [-0.3, -0.25) is 24.0 Å². The van der Waals surface area contributed by atoms with E-state index in [0.717, 1.165) is 4.90 Å². The van der Waals surface area contributed by atoms with Gasteiger partial charge in [0.1, 0.15) is 35.1 Å². The molecule has 16 heteroatoms. The number of alkyl carbamates (subject to hydrolysis) is 1. The van der Waals surface area contributed by atoms with Crippen molar-refractivity contribution in [1.82, 2.24) is 25.2 Å². The molecule has 1 aromatic rings. The Hall–Kier alpha value is -4.21. The lowest BCUT2D eigenvalue weighted by atomic mass is 10.0. The van der Waals surface area contributed by atoms with E-state index in [9.17, 15) is 36.8 Å². The first kappa shape index (κ1) is 31.5. The molecule has 0 aromatic heterocycles. The summed E-state index contributed by atoms with van der Waals surface area (Å²) in [5.41, 5.74) is -2.26. The van der Waals surface area contributed by atoms with E-state index < -0.39 is 99.1 Å². The Balaban J connectivity index is 1.37. The molecule has 3 fully saturated rings. The van der Waals surface area contributed by atoms with Crippen LogP contribution in [0.4, 0.5) is 14.0 Å². The van der Waals surface area contributed by atoms with E-state index in [-0.39, 0.29) is 31.5 Å². The molecule has 5 amide bonds. The number of benzene rings is 1. The van der Waals surface area contributed by atoms with Gasteiger partial charge in [0.2, 0.25) is 21.8 Å². The van der Waals surface area contributed by atoms with E-state index in [4.69, 9.17) is 15.0 Å². The number of nitrogens with zero attached hydrogens (tertiary/aromatic N) is 2. The minimum Gasteiger partial charge on any atom is -0.444 e. The summed E-state index contributed by atoms with van der Waals surface area (Å²) < 4.78 is 89.6. The molecule has 0 spiro atoms. The molecule has 14 nitrogen and oxygen atoms in total. The minimum absolute atomic E-state index is 0.0677. The molecule has 5 atom stereocenters. The first-order chi connectivity index (χ1) is 25.6. The average molecular weight is 736 g/mol. The number of allylic oxidation sites excluding steroid dienone is 1. The lowest BCUT2D eigenvalue weighted by Crippen LogP contribution is -2.58. The predicted molar refractivity (Wildman–Crippen MR) is 180 cm³/mol. The van der Waals surface area contributed by atoms with Gasteiger partial charge in [-0.2, -0.15) is 0 Å². The van der Waals surface area contributed by atoms with Crippen molar-refractivity contribution in [2.75, 3.05) is 6.50 Å².